The van der Waals surface area contributed by atoms with Gasteiger partial charge in [0.2, 0.25) is 0 Å². The zero-order chi connectivity index (χ0) is 17.4. The first-order valence-corrected chi connectivity index (χ1v) is 9.23. The number of aliphatic imine (C=N–C) groups is 1. The van der Waals surface area contributed by atoms with Crippen LogP contribution in [0.2, 0.25) is 0 Å². The van der Waals surface area contributed by atoms with Gasteiger partial charge in [0.15, 0.2) is 5.96 Å². The van der Waals surface area contributed by atoms with Gasteiger partial charge in [0, 0.05) is 37.8 Å². The Labute approximate surface area is 172 Å². The van der Waals surface area contributed by atoms with Crippen LogP contribution >= 0.6 is 35.3 Å². The molecule has 0 bridgehead atoms. The lowest BCUT2D eigenvalue weighted by Crippen LogP contribution is -2.36. The predicted molar refractivity (Wildman–Crippen MR) is 119 cm³/mol. The molecule has 0 fully saturated rings. The normalized spacial score (nSPS) is 11.0. The van der Waals surface area contributed by atoms with E-state index in [2.05, 4.69) is 69.9 Å². The van der Waals surface area contributed by atoms with Crippen molar-refractivity contribution in [3.05, 3.63) is 45.8 Å². The highest BCUT2D eigenvalue weighted by molar-refractivity contribution is 14.0. The van der Waals surface area contributed by atoms with Crippen LogP contribution in [0.25, 0.3) is 0 Å². The van der Waals surface area contributed by atoms with E-state index in [0.717, 1.165) is 37.0 Å². The summed E-state index contributed by atoms with van der Waals surface area (Å²) in [5.74, 6) is 1.83. The zero-order valence-corrected chi connectivity index (χ0v) is 18.5. The summed E-state index contributed by atoms with van der Waals surface area (Å²) in [5.41, 5.74) is 2.46. The van der Waals surface area contributed by atoms with Crippen LogP contribution < -0.4 is 15.5 Å². The van der Waals surface area contributed by atoms with Crippen LogP contribution in [0.3, 0.4) is 0 Å². The van der Waals surface area contributed by atoms with Crippen molar-refractivity contribution in [1.29, 1.82) is 0 Å². The van der Waals surface area contributed by atoms with E-state index in [9.17, 15) is 0 Å². The Bertz CT molecular complexity index is 650. The maximum absolute atomic E-state index is 4.55. The van der Waals surface area contributed by atoms with E-state index in [-0.39, 0.29) is 24.0 Å². The van der Waals surface area contributed by atoms with Gasteiger partial charge in [0.1, 0.15) is 5.82 Å². The lowest BCUT2D eigenvalue weighted by Gasteiger charge is -2.19. The topological polar surface area (TPSA) is 52.5 Å². The van der Waals surface area contributed by atoms with Crippen molar-refractivity contribution in [2.45, 2.75) is 33.9 Å². The van der Waals surface area contributed by atoms with Gasteiger partial charge in [-0.1, -0.05) is 6.07 Å². The van der Waals surface area contributed by atoms with E-state index in [4.69, 9.17) is 0 Å². The number of anilines is 1. The number of pyridine rings is 1. The Morgan fingerprint density at radius 2 is 1.88 bits per heavy atom. The molecule has 2 N–H and O–H groups in total. The summed E-state index contributed by atoms with van der Waals surface area (Å²) in [6.45, 7) is 9.86. The number of thiophene rings is 1. The SMILES string of the molecule is CCN(CC)c1ccc(CNC(=NC)NCc2sccc2C)cn1.I. The number of nitrogens with zero attached hydrogens (tertiary/aromatic N) is 3. The van der Waals surface area contributed by atoms with Gasteiger partial charge < -0.3 is 15.5 Å². The molecular weight excluding hydrogens is 445 g/mol. The Balaban J connectivity index is 0.00000312. The molecule has 138 valence electrons. The van der Waals surface area contributed by atoms with Crippen molar-refractivity contribution in [3.63, 3.8) is 0 Å². The van der Waals surface area contributed by atoms with Crippen molar-refractivity contribution in [3.8, 4) is 0 Å². The molecule has 2 heterocycles. The third kappa shape index (κ3) is 6.47. The van der Waals surface area contributed by atoms with Crippen LogP contribution in [0, 0.1) is 6.92 Å². The van der Waals surface area contributed by atoms with Gasteiger partial charge >= 0.3 is 0 Å². The van der Waals surface area contributed by atoms with Gasteiger partial charge in [-0.15, -0.1) is 35.3 Å². The van der Waals surface area contributed by atoms with E-state index in [1.54, 1.807) is 18.4 Å². The molecule has 0 aliphatic carbocycles. The van der Waals surface area contributed by atoms with E-state index >= 15 is 0 Å². The summed E-state index contributed by atoms with van der Waals surface area (Å²) in [6, 6.07) is 6.33. The number of nitrogens with one attached hydrogen (secondary N) is 2. The van der Waals surface area contributed by atoms with Gasteiger partial charge in [0.25, 0.3) is 0 Å². The van der Waals surface area contributed by atoms with Crippen molar-refractivity contribution in [1.82, 2.24) is 15.6 Å². The molecule has 0 unspecified atom stereocenters. The molecule has 7 heteroatoms. The molecule has 0 amide bonds. The quantitative estimate of drug-likeness (QED) is 0.365. The van der Waals surface area contributed by atoms with Crippen molar-refractivity contribution in [2.75, 3.05) is 25.0 Å². The molecule has 0 atom stereocenters. The monoisotopic (exact) mass is 473 g/mol. The molecule has 2 aromatic heterocycles. The second-order valence-electron chi connectivity index (χ2n) is 5.50. The van der Waals surface area contributed by atoms with Gasteiger partial charge in [-0.05, 0) is 49.4 Å². The Kier molecular flexibility index (Phi) is 9.81. The van der Waals surface area contributed by atoms with E-state index in [1.807, 2.05) is 6.20 Å². The van der Waals surface area contributed by atoms with Crippen LogP contribution in [0.15, 0.2) is 34.8 Å². The second-order valence-corrected chi connectivity index (χ2v) is 6.50. The average Bonchev–Trinajstić information content (AvgIpc) is 3.02. The Morgan fingerprint density at radius 1 is 1.16 bits per heavy atom. The number of hydrogen-bond donors (Lipinski definition) is 2. The third-order valence-corrected chi connectivity index (χ3v) is 4.99. The van der Waals surface area contributed by atoms with Crippen molar-refractivity contribution in [2.24, 2.45) is 4.99 Å². The molecule has 5 nitrogen and oxygen atoms in total. The first-order valence-electron chi connectivity index (χ1n) is 8.35. The Hall–Kier alpha value is -1.35. The van der Waals surface area contributed by atoms with Gasteiger partial charge in [0.05, 0.1) is 6.54 Å². The first-order chi connectivity index (χ1) is 11.7. The lowest BCUT2D eigenvalue weighted by molar-refractivity contribution is 0.806. The number of aromatic nitrogens is 1. The summed E-state index contributed by atoms with van der Waals surface area (Å²) in [5, 5.41) is 8.80. The van der Waals surface area contributed by atoms with Gasteiger partial charge in [-0.2, -0.15) is 0 Å². The summed E-state index contributed by atoms with van der Waals surface area (Å²) in [7, 11) is 1.79. The smallest absolute Gasteiger partial charge is 0.191 e. The molecule has 0 aromatic carbocycles. The fourth-order valence-corrected chi connectivity index (χ4v) is 3.26. The number of rotatable bonds is 7. The predicted octanol–water partition coefficient (Wildman–Crippen LogP) is 3.78. The van der Waals surface area contributed by atoms with Gasteiger partial charge in [-0.25, -0.2) is 4.98 Å². The fourth-order valence-electron chi connectivity index (χ4n) is 2.41. The highest BCUT2D eigenvalue weighted by Gasteiger charge is 2.05. The molecule has 2 aromatic rings. The molecule has 0 spiro atoms. The second kappa shape index (κ2) is 11.3. The number of halogens is 1. The molecular formula is C18H28IN5S. The Morgan fingerprint density at radius 3 is 2.40 bits per heavy atom. The summed E-state index contributed by atoms with van der Waals surface area (Å²) in [4.78, 5) is 12.4. The van der Waals surface area contributed by atoms with Crippen molar-refractivity contribution >= 4 is 47.1 Å². The average molecular weight is 473 g/mol. The summed E-state index contributed by atoms with van der Waals surface area (Å²) in [6.07, 6.45) is 1.93. The summed E-state index contributed by atoms with van der Waals surface area (Å²) >= 11 is 1.77. The number of aryl methyl sites for hydroxylation is 1. The first kappa shape index (κ1) is 21.7. The zero-order valence-electron chi connectivity index (χ0n) is 15.4. The van der Waals surface area contributed by atoms with E-state index in [1.165, 1.54) is 10.4 Å². The minimum Gasteiger partial charge on any atom is -0.357 e. The van der Waals surface area contributed by atoms with E-state index in [0.29, 0.717) is 6.54 Å². The largest absolute Gasteiger partial charge is 0.357 e. The van der Waals surface area contributed by atoms with Crippen LogP contribution in [0.1, 0.15) is 29.9 Å². The van der Waals surface area contributed by atoms with Crippen LogP contribution in [-0.4, -0.2) is 31.1 Å². The van der Waals surface area contributed by atoms with E-state index < -0.39 is 0 Å². The maximum atomic E-state index is 4.55. The van der Waals surface area contributed by atoms with Crippen molar-refractivity contribution < 1.29 is 0 Å². The van der Waals surface area contributed by atoms with Crippen LogP contribution in [-0.2, 0) is 13.1 Å². The lowest BCUT2D eigenvalue weighted by atomic mass is 10.2. The molecule has 0 saturated carbocycles. The molecule has 25 heavy (non-hydrogen) atoms. The molecule has 0 saturated heterocycles. The number of guanidine groups is 1. The fraction of sp³-hybridized carbons (Fsp3) is 0.444. The standard InChI is InChI=1S/C18H27N5S.HI/c1-5-23(6-2)17-8-7-15(11-20-17)12-21-18(19-4)22-13-16-14(3)9-10-24-16;/h7-11H,5-6,12-13H2,1-4H3,(H2,19,21,22);1H. The minimum absolute atomic E-state index is 0. The molecule has 0 aliphatic rings. The van der Waals surface area contributed by atoms with Gasteiger partial charge in [-0.3, -0.25) is 4.99 Å². The van der Waals surface area contributed by atoms with Crippen LogP contribution in [0.5, 0.6) is 0 Å². The minimum atomic E-state index is 0. The van der Waals surface area contributed by atoms with Crippen LogP contribution in [0.4, 0.5) is 5.82 Å². The highest BCUT2D eigenvalue weighted by atomic mass is 127. The molecule has 0 radical (unpaired) electrons. The third-order valence-electron chi connectivity index (χ3n) is 3.96. The summed E-state index contributed by atoms with van der Waals surface area (Å²) < 4.78 is 0. The number of hydrogen-bond acceptors (Lipinski definition) is 4. The highest BCUT2D eigenvalue weighted by Crippen LogP contribution is 2.14. The maximum Gasteiger partial charge on any atom is 0.191 e. The molecule has 2 rings (SSSR count). The molecule has 0 aliphatic heterocycles.